The Morgan fingerprint density at radius 2 is 1.68 bits per heavy atom. The number of carbonyl (C=O) groups is 4. The van der Waals surface area contributed by atoms with E-state index < -0.39 is 55.0 Å². The molecule has 7 rings (SSSR count). The number of aromatic nitrogens is 2. The van der Waals surface area contributed by atoms with Crippen LogP contribution in [0.15, 0.2) is 91.4 Å². The Morgan fingerprint density at radius 1 is 0.921 bits per heavy atom. The zero-order valence-corrected chi connectivity index (χ0v) is 35.5. The third-order valence-electron chi connectivity index (χ3n) is 11.4. The number of amides is 4. The molecular weight excluding hydrogens is 809 g/mol. The highest BCUT2D eigenvalue weighted by atomic mass is 19.3. The van der Waals surface area contributed by atoms with Gasteiger partial charge in [0.15, 0.2) is 0 Å². The van der Waals surface area contributed by atoms with Gasteiger partial charge in [-0.15, -0.1) is 0 Å². The minimum absolute atomic E-state index is 0.0168. The van der Waals surface area contributed by atoms with Crippen LogP contribution in [0.2, 0.25) is 0 Å². The van der Waals surface area contributed by atoms with Crippen LogP contribution in [0.1, 0.15) is 68.8 Å². The number of halogens is 2. The van der Waals surface area contributed by atoms with Crippen LogP contribution >= 0.6 is 0 Å². The second kappa shape index (κ2) is 19.1. The lowest BCUT2D eigenvalue weighted by atomic mass is 9.81. The van der Waals surface area contributed by atoms with Crippen LogP contribution in [-0.4, -0.2) is 88.5 Å². The molecule has 0 radical (unpaired) electrons. The number of hydrogen-bond donors (Lipinski definition) is 3. The molecule has 4 amide bonds. The second-order valence-electron chi connectivity index (χ2n) is 17.4. The van der Waals surface area contributed by atoms with Gasteiger partial charge in [0.05, 0.1) is 36.3 Å². The van der Waals surface area contributed by atoms with Gasteiger partial charge in [-0.1, -0.05) is 36.4 Å². The first-order chi connectivity index (χ1) is 30.1. The SMILES string of the molecule is CC(C)(C)OC(=O)NCC1CCC(C(=O)N[C@@H](COc2ccc(-c3ccc4nccc(C(=O)NCC(=O)N5CC(F)(F)C[C@H]5C#N)c4c3)cc2)Cc2ccc3cnccc3c2)CC1. The van der Waals surface area contributed by atoms with E-state index in [0.717, 1.165) is 45.2 Å². The average Bonchev–Trinajstić information content (AvgIpc) is 3.60. The number of nitriles is 1. The summed E-state index contributed by atoms with van der Waals surface area (Å²) < 4.78 is 39.5. The number of nitrogens with one attached hydrogen (secondary N) is 3. The van der Waals surface area contributed by atoms with E-state index in [1.165, 1.54) is 12.3 Å². The third-order valence-corrected chi connectivity index (χ3v) is 11.4. The predicted molar refractivity (Wildman–Crippen MR) is 233 cm³/mol. The van der Waals surface area contributed by atoms with E-state index in [4.69, 9.17) is 9.47 Å². The normalized spacial score (nSPS) is 18.9. The fraction of sp³-hybridized carbons (Fsp3) is 0.396. The lowest BCUT2D eigenvalue weighted by Crippen LogP contribution is -2.44. The first-order valence-corrected chi connectivity index (χ1v) is 21.2. The van der Waals surface area contributed by atoms with Crippen molar-refractivity contribution in [2.75, 3.05) is 26.2 Å². The average molecular weight is 860 g/mol. The molecule has 3 N–H and O–H groups in total. The highest BCUT2D eigenvalue weighted by molar-refractivity contribution is 6.07. The number of carbonyl (C=O) groups excluding carboxylic acids is 4. The van der Waals surface area contributed by atoms with Gasteiger partial charge < -0.3 is 30.3 Å². The number of rotatable bonds is 13. The standard InChI is InChI=1S/C48H51F2N7O6/c1-47(2,3)63-46(61)55-25-30-4-7-33(8-5-30)44(59)56-37(21-31-6-9-36-26-52-18-16-35(36)20-31)28-62-39-13-10-32(11-14-39)34-12-15-42-41(22-34)40(17-19-53-42)45(60)54-27-43(58)57-29-48(49,50)23-38(57)24-51/h6,9-20,22,26,30,33,37-38H,4-5,7-8,21,23,25,27-29H2,1-3H3,(H,54,60)(H,55,61)(H,56,59)/t30?,33?,37-,38+/m1/s1. The molecule has 3 heterocycles. The zero-order valence-electron chi connectivity index (χ0n) is 35.5. The number of alkyl carbamates (subject to hydrolysis) is 1. The van der Waals surface area contributed by atoms with E-state index in [1.54, 1.807) is 18.3 Å². The van der Waals surface area contributed by atoms with Crippen LogP contribution in [0.5, 0.6) is 5.75 Å². The zero-order chi connectivity index (χ0) is 44.7. The minimum Gasteiger partial charge on any atom is -0.491 e. The van der Waals surface area contributed by atoms with E-state index >= 15 is 0 Å². The van der Waals surface area contributed by atoms with Crippen molar-refractivity contribution in [2.45, 2.75) is 82.9 Å². The van der Waals surface area contributed by atoms with Crippen LogP contribution in [0.3, 0.4) is 0 Å². The van der Waals surface area contributed by atoms with E-state index in [0.29, 0.717) is 42.5 Å². The summed E-state index contributed by atoms with van der Waals surface area (Å²) >= 11 is 0. The Hall–Kier alpha value is -6.69. The number of ether oxygens (including phenoxy) is 2. The molecule has 13 nitrogen and oxygen atoms in total. The molecule has 1 aliphatic carbocycles. The van der Waals surface area contributed by atoms with Gasteiger partial charge >= 0.3 is 6.09 Å². The van der Waals surface area contributed by atoms with Crippen molar-refractivity contribution in [3.05, 3.63) is 103 Å². The molecule has 2 atom stereocenters. The summed E-state index contributed by atoms with van der Waals surface area (Å²) in [6, 6.07) is 22.7. The lowest BCUT2D eigenvalue weighted by Gasteiger charge is -2.30. The van der Waals surface area contributed by atoms with Gasteiger partial charge in [0, 0.05) is 48.2 Å². The Kier molecular flexibility index (Phi) is 13.5. The van der Waals surface area contributed by atoms with Crippen LogP contribution in [0.4, 0.5) is 13.6 Å². The topological polar surface area (TPSA) is 176 Å². The molecular formula is C48H51F2N7O6. The van der Waals surface area contributed by atoms with Crippen molar-refractivity contribution < 1.29 is 37.4 Å². The Morgan fingerprint density at radius 3 is 2.43 bits per heavy atom. The molecule has 2 aliphatic rings. The van der Waals surface area contributed by atoms with Crippen LogP contribution in [-0.2, 0) is 20.7 Å². The van der Waals surface area contributed by atoms with Crippen LogP contribution < -0.4 is 20.7 Å². The van der Waals surface area contributed by atoms with Gasteiger partial charge in [-0.05, 0) is 117 Å². The summed E-state index contributed by atoms with van der Waals surface area (Å²) in [5.74, 6) is -3.81. The first-order valence-electron chi connectivity index (χ1n) is 21.2. The van der Waals surface area contributed by atoms with Crippen molar-refractivity contribution in [2.24, 2.45) is 11.8 Å². The van der Waals surface area contributed by atoms with Crippen molar-refractivity contribution >= 4 is 45.5 Å². The number of benzene rings is 3. The molecule has 1 saturated carbocycles. The smallest absolute Gasteiger partial charge is 0.407 e. The maximum absolute atomic E-state index is 13.9. The second-order valence-corrected chi connectivity index (χ2v) is 17.4. The number of alkyl halides is 2. The number of hydrogen-bond acceptors (Lipinski definition) is 9. The van der Waals surface area contributed by atoms with Crippen molar-refractivity contribution in [1.82, 2.24) is 30.8 Å². The maximum atomic E-state index is 13.9. The Balaban J connectivity index is 0.988. The van der Waals surface area contributed by atoms with Crippen molar-refractivity contribution in [1.29, 1.82) is 5.26 Å². The van der Waals surface area contributed by atoms with E-state index in [1.807, 2.05) is 81.6 Å². The maximum Gasteiger partial charge on any atom is 0.407 e. The Bertz CT molecular complexity index is 2510. The Labute approximate surface area is 364 Å². The summed E-state index contributed by atoms with van der Waals surface area (Å²) in [6.45, 7) is 4.80. The van der Waals surface area contributed by atoms with Gasteiger partial charge in [0.1, 0.15) is 24.0 Å². The van der Waals surface area contributed by atoms with Gasteiger partial charge in [0.25, 0.3) is 11.8 Å². The molecule has 0 spiro atoms. The molecule has 1 aliphatic heterocycles. The highest BCUT2D eigenvalue weighted by Crippen LogP contribution is 2.33. The summed E-state index contributed by atoms with van der Waals surface area (Å²) in [4.78, 5) is 61.4. The molecule has 0 unspecified atom stereocenters. The fourth-order valence-electron chi connectivity index (χ4n) is 8.20. The van der Waals surface area contributed by atoms with Gasteiger partial charge in [-0.25, -0.2) is 13.6 Å². The summed E-state index contributed by atoms with van der Waals surface area (Å²) in [5.41, 5.74) is 2.89. The summed E-state index contributed by atoms with van der Waals surface area (Å²) in [7, 11) is 0. The summed E-state index contributed by atoms with van der Waals surface area (Å²) in [6.07, 6.45) is 7.49. The first kappa shape index (κ1) is 44.4. The summed E-state index contributed by atoms with van der Waals surface area (Å²) in [5, 5.41) is 20.5. The highest BCUT2D eigenvalue weighted by Gasteiger charge is 2.47. The number of nitrogens with zero attached hydrogens (tertiary/aromatic N) is 4. The van der Waals surface area contributed by atoms with Crippen LogP contribution in [0.25, 0.3) is 32.8 Å². The molecule has 2 aromatic heterocycles. The van der Waals surface area contributed by atoms with Crippen molar-refractivity contribution in [3.63, 3.8) is 0 Å². The van der Waals surface area contributed by atoms with Crippen molar-refractivity contribution in [3.8, 4) is 22.9 Å². The van der Waals surface area contributed by atoms with Gasteiger partial charge in [-0.3, -0.25) is 24.4 Å². The fourth-order valence-corrected chi connectivity index (χ4v) is 8.20. The minimum atomic E-state index is -3.16. The number of fused-ring (bicyclic) bond motifs is 2. The third kappa shape index (κ3) is 11.6. The molecule has 3 aromatic carbocycles. The predicted octanol–water partition coefficient (Wildman–Crippen LogP) is 7.38. The van der Waals surface area contributed by atoms with Gasteiger partial charge in [-0.2, -0.15) is 5.26 Å². The number of pyridine rings is 2. The van der Waals surface area contributed by atoms with Gasteiger partial charge in [0.2, 0.25) is 11.8 Å². The monoisotopic (exact) mass is 859 g/mol. The van der Waals surface area contributed by atoms with E-state index in [-0.39, 0.29) is 36.0 Å². The molecule has 328 valence electrons. The van der Waals surface area contributed by atoms with E-state index in [9.17, 15) is 33.2 Å². The quantitative estimate of drug-likeness (QED) is 0.109. The molecule has 2 fully saturated rings. The lowest BCUT2D eigenvalue weighted by molar-refractivity contribution is -0.131. The molecule has 63 heavy (non-hydrogen) atoms. The largest absolute Gasteiger partial charge is 0.491 e. The molecule has 15 heteroatoms. The molecule has 1 saturated heterocycles. The molecule has 0 bridgehead atoms. The number of likely N-dealkylation sites (tertiary alicyclic amines) is 1. The van der Waals surface area contributed by atoms with E-state index in [2.05, 4.69) is 32.0 Å². The molecule has 5 aromatic rings. The van der Waals surface area contributed by atoms with Crippen LogP contribution in [0, 0.1) is 23.2 Å².